The number of para-hydroxylation sites is 1. The molecule has 0 saturated carbocycles. The third-order valence-corrected chi connectivity index (χ3v) is 3.75. The molecule has 0 aliphatic rings. The minimum absolute atomic E-state index is 0.0533. The van der Waals surface area contributed by atoms with Crippen molar-refractivity contribution >= 4 is 11.6 Å². The van der Waals surface area contributed by atoms with Gasteiger partial charge in [0.15, 0.2) is 0 Å². The summed E-state index contributed by atoms with van der Waals surface area (Å²) in [5.74, 6) is -0.470. The zero-order valence-corrected chi connectivity index (χ0v) is 13.7. The number of rotatable bonds is 5. The van der Waals surface area contributed by atoms with E-state index in [9.17, 15) is 9.90 Å². The van der Waals surface area contributed by atoms with Gasteiger partial charge in [0, 0.05) is 5.71 Å². The molecule has 4 heteroatoms. The van der Waals surface area contributed by atoms with Crippen molar-refractivity contribution in [2.75, 3.05) is 0 Å². The van der Waals surface area contributed by atoms with Gasteiger partial charge in [0.25, 0.3) is 5.91 Å². The van der Waals surface area contributed by atoms with Gasteiger partial charge in [-0.1, -0.05) is 56.3 Å². The molecule has 23 heavy (non-hydrogen) atoms. The van der Waals surface area contributed by atoms with Crippen molar-refractivity contribution in [1.82, 2.24) is 5.43 Å². The fourth-order valence-corrected chi connectivity index (χ4v) is 2.54. The van der Waals surface area contributed by atoms with Gasteiger partial charge < -0.3 is 5.11 Å². The second-order valence-electron chi connectivity index (χ2n) is 6.23. The Morgan fingerprint density at radius 3 is 2.35 bits per heavy atom. The Hall–Kier alpha value is -2.62. The fraction of sp³-hybridized carbons (Fsp3) is 0.263. The Morgan fingerprint density at radius 1 is 1.09 bits per heavy atom. The summed E-state index contributed by atoms with van der Waals surface area (Å²) in [6.45, 7) is 6.17. The molecule has 0 aromatic heterocycles. The van der Waals surface area contributed by atoms with E-state index >= 15 is 0 Å². The highest BCUT2D eigenvalue weighted by atomic mass is 16.3. The van der Waals surface area contributed by atoms with Crippen LogP contribution in [0.5, 0.6) is 5.75 Å². The first-order valence-electron chi connectivity index (χ1n) is 7.57. The molecule has 0 bridgehead atoms. The first-order valence-corrected chi connectivity index (χ1v) is 7.57. The zero-order chi connectivity index (χ0) is 16.9. The van der Waals surface area contributed by atoms with Crippen LogP contribution in [0.25, 0.3) is 0 Å². The van der Waals surface area contributed by atoms with Crippen molar-refractivity contribution in [3.63, 3.8) is 0 Å². The SMILES string of the molecule is CC(CC(C)(C)c1ccccc1)=NNC(=O)c1ccccc1O. The first kappa shape index (κ1) is 16.7. The Bertz CT molecular complexity index is 706. The monoisotopic (exact) mass is 310 g/mol. The van der Waals surface area contributed by atoms with Crippen LogP contribution in [-0.2, 0) is 5.41 Å². The van der Waals surface area contributed by atoms with Crippen LogP contribution in [0.4, 0.5) is 0 Å². The van der Waals surface area contributed by atoms with E-state index in [1.807, 2.05) is 25.1 Å². The predicted molar refractivity (Wildman–Crippen MR) is 92.8 cm³/mol. The molecule has 0 unspecified atom stereocenters. The van der Waals surface area contributed by atoms with E-state index in [2.05, 4.69) is 36.5 Å². The number of amides is 1. The van der Waals surface area contributed by atoms with Crippen molar-refractivity contribution in [1.29, 1.82) is 0 Å². The predicted octanol–water partition coefficient (Wildman–Crippen LogP) is 3.87. The van der Waals surface area contributed by atoms with E-state index in [0.29, 0.717) is 0 Å². The van der Waals surface area contributed by atoms with Crippen LogP contribution in [-0.4, -0.2) is 16.7 Å². The summed E-state index contributed by atoms with van der Waals surface area (Å²) in [4.78, 5) is 12.0. The number of phenols is 1. The van der Waals surface area contributed by atoms with Crippen LogP contribution in [0, 0.1) is 0 Å². The molecule has 0 heterocycles. The topological polar surface area (TPSA) is 61.7 Å². The van der Waals surface area contributed by atoms with Crippen LogP contribution in [0.2, 0.25) is 0 Å². The number of aromatic hydroxyl groups is 1. The number of carbonyl (C=O) groups excluding carboxylic acids is 1. The van der Waals surface area contributed by atoms with Gasteiger partial charge >= 0.3 is 0 Å². The van der Waals surface area contributed by atoms with Crippen LogP contribution in [0.15, 0.2) is 59.7 Å². The lowest BCUT2D eigenvalue weighted by atomic mass is 9.80. The number of phenolic OH excluding ortho intramolecular Hbond substituents is 1. The number of hydrogen-bond donors (Lipinski definition) is 2. The molecule has 2 aromatic carbocycles. The van der Waals surface area contributed by atoms with Crippen molar-refractivity contribution in [3.8, 4) is 5.75 Å². The number of hydrazone groups is 1. The van der Waals surface area contributed by atoms with E-state index in [0.717, 1.165) is 12.1 Å². The molecule has 0 atom stereocenters. The molecular formula is C19H22N2O2. The van der Waals surface area contributed by atoms with Gasteiger partial charge in [0.05, 0.1) is 5.56 Å². The summed E-state index contributed by atoms with van der Waals surface area (Å²) in [6, 6.07) is 16.6. The smallest absolute Gasteiger partial charge is 0.275 e. The summed E-state index contributed by atoms with van der Waals surface area (Å²) in [7, 11) is 0. The van der Waals surface area contributed by atoms with Gasteiger partial charge in [-0.25, -0.2) is 5.43 Å². The molecule has 0 fully saturated rings. The lowest BCUT2D eigenvalue weighted by molar-refractivity contribution is 0.0952. The van der Waals surface area contributed by atoms with Crippen molar-refractivity contribution < 1.29 is 9.90 Å². The molecule has 1 amide bonds. The summed E-state index contributed by atoms with van der Waals surface area (Å²) >= 11 is 0. The largest absolute Gasteiger partial charge is 0.507 e. The fourth-order valence-electron chi connectivity index (χ4n) is 2.54. The number of benzene rings is 2. The second kappa shape index (κ2) is 7.09. The summed E-state index contributed by atoms with van der Waals surface area (Å²) in [6.07, 6.45) is 0.720. The van der Waals surface area contributed by atoms with Crippen LogP contribution in [0.1, 0.15) is 43.1 Å². The number of hydrogen-bond acceptors (Lipinski definition) is 3. The maximum atomic E-state index is 12.0. The van der Waals surface area contributed by atoms with E-state index in [1.54, 1.807) is 18.2 Å². The molecule has 2 N–H and O–H groups in total. The van der Waals surface area contributed by atoms with Crippen LogP contribution < -0.4 is 5.43 Å². The Labute approximate surface area is 136 Å². The molecule has 2 rings (SSSR count). The molecule has 2 aromatic rings. The standard InChI is InChI=1S/C19H22N2O2/c1-14(13-19(2,3)15-9-5-4-6-10-15)20-21-18(23)16-11-7-8-12-17(16)22/h4-12,22H,13H2,1-3H3,(H,21,23). The molecule has 0 saturated heterocycles. The van der Waals surface area contributed by atoms with Crippen LogP contribution in [0.3, 0.4) is 0 Å². The van der Waals surface area contributed by atoms with E-state index < -0.39 is 5.91 Å². The number of carbonyl (C=O) groups is 1. The maximum Gasteiger partial charge on any atom is 0.275 e. The highest BCUT2D eigenvalue weighted by Crippen LogP contribution is 2.27. The summed E-state index contributed by atoms with van der Waals surface area (Å²) in [5.41, 5.74) is 4.69. The molecule has 0 aliphatic heterocycles. The van der Waals surface area contributed by atoms with Gasteiger partial charge in [0.2, 0.25) is 0 Å². The highest BCUT2D eigenvalue weighted by Gasteiger charge is 2.21. The molecular weight excluding hydrogens is 288 g/mol. The summed E-state index contributed by atoms with van der Waals surface area (Å²) < 4.78 is 0. The molecule has 4 nitrogen and oxygen atoms in total. The van der Waals surface area contributed by atoms with E-state index in [-0.39, 0.29) is 16.7 Å². The quantitative estimate of drug-likeness (QED) is 0.650. The maximum absolute atomic E-state index is 12.0. The Morgan fingerprint density at radius 2 is 1.70 bits per heavy atom. The minimum atomic E-state index is -0.417. The molecule has 0 aliphatic carbocycles. The minimum Gasteiger partial charge on any atom is -0.507 e. The van der Waals surface area contributed by atoms with Crippen molar-refractivity contribution in [2.45, 2.75) is 32.6 Å². The van der Waals surface area contributed by atoms with Gasteiger partial charge in [0.1, 0.15) is 5.75 Å². The first-order chi connectivity index (χ1) is 10.9. The molecule has 0 spiro atoms. The van der Waals surface area contributed by atoms with Gasteiger partial charge in [-0.15, -0.1) is 0 Å². The van der Waals surface area contributed by atoms with Crippen molar-refractivity contribution in [2.24, 2.45) is 5.10 Å². The normalized spacial score (nSPS) is 12.0. The molecule has 0 radical (unpaired) electrons. The summed E-state index contributed by atoms with van der Waals surface area (Å²) in [5, 5.41) is 13.8. The lowest BCUT2D eigenvalue weighted by Crippen LogP contribution is -2.24. The highest BCUT2D eigenvalue weighted by molar-refractivity contribution is 5.97. The van der Waals surface area contributed by atoms with Crippen LogP contribution >= 0.6 is 0 Å². The Balaban J connectivity index is 2.03. The van der Waals surface area contributed by atoms with Gasteiger partial charge in [-0.3, -0.25) is 4.79 Å². The lowest BCUT2D eigenvalue weighted by Gasteiger charge is -2.25. The third kappa shape index (κ3) is 4.42. The Kier molecular flexibility index (Phi) is 5.16. The third-order valence-electron chi connectivity index (χ3n) is 3.75. The van der Waals surface area contributed by atoms with Gasteiger partial charge in [-0.05, 0) is 36.5 Å². The average molecular weight is 310 g/mol. The van der Waals surface area contributed by atoms with E-state index in [4.69, 9.17) is 0 Å². The van der Waals surface area contributed by atoms with Crippen molar-refractivity contribution in [3.05, 3.63) is 65.7 Å². The second-order valence-corrected chi connectivity index (χ2v) is 6.23. The van der Waals surface area contributed by atoms with E-state index in [1.165, 1.54) is 11.6 Å². The molecule has 120 valence electrons. The average Bonchev–Trinajstić information content (AvgIpc) is 2.53. The zero-order valence-electron chi connectivity index (χ0n) is 13.7. The van der Waals surface area contributed by atoms with Gasteiger partial charge in [-0.2, -0.15) is 5.10 Å². The number of nitrogens with one attached hydrogen (secondary N) is 1. The number of nitrogens with zero attached hydrogens (tertiary/aromatic N) is 1.